The number of nitrogens with one attached hydrogen (secondary N) is 1. The summed E-state index contributed by atoms with van der Waals surface area (Å²) < 4.78 is 4.97. The van der Waals surface area contributed by atoms with Crippen molar-refractivity contribution in [3.8, 4) is 11.5 Å². The lowest BCUT2D eigenvalue weighted by atomic mass is 10.2. The molecule has 0 aromatic carbocycles. The summed E-state index contributed by atoms with van der Waals surface area (Å²) in [7, 11) is 0. The molecule has 19 heavy (non-hydrogen) atoms. The van der Waals surface area contributed by atoms with Crippen molar-refractivity contribution >= 4 is 17.5 Å². The molecule has 2 N–H and O–H groups in total. The second kappa shape index (κ2) is 4.72. The third kappa shape index (κ3) is 2.49. The maximum atomic E-state index is 10.7. The highest BCUT2D eigenvalue weighted by molar-refractivity contribution is 5.88. The number of nitrogens with zero attached hydrogens (tertiary/aromatic N) is 3. The summed E-state index contributed by atoms with van der Waals surface area (Å²) in [5, 5.41) is 25.0. The number of anilines is 1. The SMILES string of the molecule is Cc1noc(-c2ccc([N+](=O)[O-])cn2)c1NC(=O)O. The van der Waals surface area contributed by atoms with Gasteiger partial charge in [0.05, 0.1) is 4.92 Å². The Kier molecular flexibility index (Phi) is 3.10. The summed E-state index contributed by atoms with van der Waals surface area (Å²) in [5.41, 5.74) is 0.578. The summed E-state index contributed by atoms with van der Waals surface area (Å²) in [4.78, 5) is 24.4. The van der Waals surface area contributed by atoms with E-state index in [0.717, 1.165) is 6.20 Å². The van der Waals surface area contributed by atoms with Crippen molar-refractivity contribution in [2.75, 3.05) is 5.32 Å². The molecule has 98 valence electrons. The number of amides is 1. The van der Waals surface area contributed by atoms with Gasteiger partial charge in [0.15, 0.2) is 0 Å². The highest BCUT2D eigenvalue weighted by Crippen LogP contribution is 2.30. The lowest BCUT2D eigenvalue weighted by Crippen LogP contribution is -2.08. The number of aromatic nitrogens is 2. The first-order valence-electron chi connectivity index (χ1n) is 5.06. The minimum absolute atomic E-state index is 0.106. The van der Waals surface area contributed by atoms with Crippen LogP contribution in [0.15, 0.2) is 22.9 Å². The number of aryl methyl sites for hydroxylation is 1. The fourth-order valence-corrected chi connectivity index (χ4v) is 1.43. The Morgan fingerprint density at radius 1 is 1.53 bits per heavy atom. The average Bonchev–Trinajstić information content (AvgIpc) is 2.71. The standard InChI is InChI=1S/C10H8N4O5/c1-5-8(12-10(15)16)9(19-13-5)7-3-2-6(4-11-7)14(17)18/h2-4,12H,1H3,(H,15,16). The van der Waals surface area contributed by atoms with Crippen LogP contribution in [0.1, 0.15) is 5.69 Å². The van der Waals surface area contributed by atoms with Gasteiger partial charge in [0, 0.05) is 6.07 Å². The highest BCUT2D eigenvalue weighted by atomic mass is 16.6. The molecule has 9 nitrogen and oxygen atoms in total. The minimum atomic E-state index is -1.27. The number of pyridine rings is 1. The predicted molar refractivity (Wildman–Crippen MR) is 62.8 cm³/mol. The monoisotopic (exact) mass is 264 g/mol. The van der Waals surface area contributed by atoms with E-state index >= 15 is 0 Å². The third-order valence-corrected chi connectivity index (χ3v) is 2.29. The van der Waals surface area contributed by atoms with Crippen LogP contribution in [0.25, 0.3) is 11.5 Å². The van der Waals surface area contributed by atoms with Crippen LogP contribution >= 0.6 is 0 Å². The molecule has 0 aliphatic heterocycles. The zero-order chi connectivity index (χ0) is 14.0. The molecule has 2 rings (SSSR count). The minimum Gasteiger partial charge on any atom is -0.465 e. The Hall–Kier alpha value is -2.97. The number of nitro groups is 1. The van der Waals surface area contributed by atoms with Gasteiger partial charge in [-0.15, -0.1) is 0 Å². The van der Waals surface area contributed by atoms with E-state index < -0.39 is 11.0 Å². The van der Waals surface area contributed by atoms with Crippen molar-refractivity contribution in [2.24, 2.45) is 0 Å². The van der Waals surface area contributed by atoms with Crippen molar-refractivity contribution in [3.63, 3.8) is 0 Å². The van der Waals surface area contributed by atoms with Gasteiger partial charge in [0.2, 0.25) is 5.76 Å². The molecule has 0 aliphatic rings. The number of hydrogen-bond acceptors (Lipinski definition) is 6. The first kappa shape index (κ1) is 12.5. The predicted octanol–water partition coefficient (Wildman–Crippen LogP) is 2.04. The van der Waals surface area contributed by atoms with Crippen molar-refractivity contribution < 1.29 is 19.3 Å². The van der Waals surface area contributed by atoms with E-state index in [9.17, 15) is 14.9 Å². The number of hydrogen-bond donors (Lipinski definition) is 2. The summed E-state index contributed by atoms with van der Waals surface area (Å²) in [5.74, 6) is 0.106. The number of carboxylic acid groups (broad SMARTS) is 1. The van der Waals surface area contributed by atoms with E-state index in [4.69, 9.17) is 9.63 Å². The summed E-state index contributed by atoms with van der Waals surface area (Å²) >= 11 is 0. The molecule has 2 heterocycles. The lowest BCUT2D eigenvalue weighted by molar-refractivity contribution is -0.385. The molecule has 0 spiro atoms. The molecule has 2 aromatic heterocycles. The molecule has 0 saturated heterocycles. The van der Waals surface area contributed by atoms with E-state index in [0.29, 0.717) is 5.69 Å². The van der Waals surface area contributed by atoms with Crippen LogP contribution in [0.5, 0.6) is 0 Å². The van der Waals surface area contributed by atoms with Crippen LogP contribution in [-0.4, -0.2) is 26.3 Å². The van der Waals surface area contributed by atoms with Crippen LogP contribution < -0.4 is 5.32 Å². The summed E-state index contributed by atoms with van der Waals surface area (Å²) in [6.45, 7) is 1.56. The Bertz CT molecular complexity index is 634. The van der Waals surface area contributed by atoms with E-state index in [1.54, 1.807) is 6.92 Å². The molecule has 9 heteroatoms. The second-order valence-electron chi connectivity index (χ2n) is 3.56. The van der Waals surface area contributed by atoms with Crippen molar-refractivity contribution in [3.05, 3.63) is 34.1 Å². The van der Waals surface area contributed by atoms with Crippen LogP contribution in [-0.2, 0) is 0 Å². The van der Waals surface area contributed by atoms with Gasteiger partial charge < -0.3 is 9.63 Å². The van der Waals surface area contributed by atoms with E-state index in [1.807, 2.05) is 0 Å². The number of carbonyl (C=O) groups is 1. The van der Waals surface area contributed by atoms with Crippen LogP contribution in [0, 0.1) is 17.0 Å². The normalized spacial score (nSPS) is 10.2. The van der Waals surface area contributed by atoms with Gasteiger partial charge in [-0.25, -0.2) is 9.78 Å². The zero-order valence-electron chi connectivity index (χ0n) is 9.65. The maximum Gasteiger partial charge on any atom is 0.409 e. The molecule has 0 aliphatic carbocycles. The van der Waals surface area contributed by atoms with Gasteiger partial charge in [0.1, 0.15) is 23.3 Å². The van der Waals surface area contributed by atoms with E-state index in [2.05, 4.69) is 15.5 Å². The molecule has 0 atom stereocenters. The quantitative estimate of drug-likeness (QED) is 0.640. The Labute approximate surface area is 106 Å². The Balaban J connectivity index is 2.41. The maximum absolute atomic E-state index is 10.7. The fourth-order valence-electron chi connectivity index (χ4n) is 1.43. The largest absolute Gasteiger partial charge is 0.465 e. The zero-order valence-corrected chi connectivity index (χ0v) is 9.65. The van der Waals surface area contributed by atoms with Gasteiger partial charge in [-0.2, -0.15) is 0 Å². The van der Waals surface area contributed by atoms with Gasteiger partial charge in [-0.1, -0.05) is 5.16 Å². The fraction of sp³-hybridized carbons (Fsp3) is 0.100. The Morgan fingerprint density at radius 3 is 2.79 bits per heavy atom. The first-order valence-corrected chi connectivity index (χ1v) is 5.06. The third-order valence-electron chi connectivity index (χ3n) is 2.29. The van der Waals surface area contributed by atoms with Crippen LogP contribution in [0.3, 0.4) is 0 Å². The van der Waals surface area contributed by atoms with E-state index in [1.165, 1.54) is 12.1 Å². The Morgan fingerprint density at radius 2 is 2.26 bits per heavy atom. The molecule has 0 radical (unpaired) electrons. The van der Waals surface area contributed by atoms with Crippen molar-refractivity contribution in [2.45, 2.75) is 6.92 Å². The van der Waals surface area contributed by atoms with Crippen molar-refractivity contribution in [1.29, 1.82) is 0 Å². The summed E-state index contributed by atoms with van der Waals surface area (Å²) in [6, 6.07) is 2.59. The van der Waals surface area contributed by atoms with Crippen LogP contribution in [0.2, 0.25) is 0 Å². The first-order chi connectivity index (χ1) is 8.99. The molecule has 2 aromatic rings. The molecule has 1 amide bonds. The molecule has 0 saturated carbocycles. The van der Waals surface area contributed by atoms with Crippen molar-refractivity contribution in [1.82, 2.24) is 10.1 Å². The van der Waals surface area contributed by atoms with Gasteiger partial charge in [-0.3, -0.25) is 15.4 Å². The second-order valence-corrected chi connectivity index (χ2v) is 3.56. The van der Waals surface area contributed by atoms with Gasteiger partial charge >= 0.3 is 6.09 Å². The topological polar surface area (TPSA) is 131 Å². The molecular formula is C10H8N4O5. The molecular weight excluding hydrogens is 256 g/mol. The van der Waals surface area contributed by atoms with Crippen LogP contribution in [0.4, 0.5) is 16.2 Å². The smallest absolute Gasteiger partial charge is 0.409 e. The number of rotatable bonds is 3. The summed E-state index contributed by atoms with van der Waals surface area (Å²) in [6.07, 6.45) is -0.216. The molecule has 0 fully saturated rings. The van der Waals surface area contributed by atoms with E-state index in [-0.39, 0.29) is 22.8 Å². The lowest BCUT2D eigenvalue weighted by Gasteiger charge is -2.00. The average molecular weight is 264 g/mol. The van der Waals surface area contributed by atoms with Gasteiger partial charge in [-0.05, 0) is 13.0 Å². The molecule has 0 bridgehead atoms. The van der Waals surface area contributed by atoms with Gasteiger partial charge in [0.25, 0.3) is 5.69 Å². The molecule has 0 unspecified atom stereocenters. The highest BCUT2D eigenvalue weighted by Gasteiger charge is 2.18.